The molecule has 7 heteroatoms. The number of pyridine rings is 1. The molecule has 3 aromatic heterocycles. The van der Waals surface area contributed by atoms with Crippen LogP contribution in [0, 0.1) is 19.8 Å². The lowest BCUT2D eigenvalue weighted by Gasteiger charge is -2.19. The van der Waals surface area contributed by atoms with E-state index in [4.69, 9.17) is 0 Å². The largest absolute Gasteiger partial charge is 0.370 e. The van der Waals surface area contributed by atoms with Crippen molar-refractivity contribution in [2.75, 3.05) is 29.9 Å². The van der Waals surface area contributed by atoms with Gasteiger partial charge in [-0.15, -0.1) is 0 Å². The molecule has 0 aliphatic carbocycles. The van der Waals surface area contributed by atoms with Gasteiger partial charge in [-0.2, -0.15) is 5.10 Å². The highest BCUT2D eigenvalue weighted by molar-refractivity contribution is 5.87. The molecule has 0 saturated carbocycles. The molecule has 0 amide bonds. The van der Waals surface area contributed by atoms with E-state index in [0.29, 0.717) is 5.92 Å². The Kier molecular flexibility index (Phi) is 3.99. The number of fused-ring (bicyclic) bond motifs is 1. The quantitative estimate of drug-likeness (QED) is 0.788. The van der Waals surface area contributed by atoms with Crippen molar-refractivity contribution < 1.29 is 0 Å². The topological polar surface area (TPSA) is 71.8 Å². The van der Waals surface area contributed by atoms with Gasteiger partial charge in [0.1, 0.15) is 17.5 Å². The van der Waals surface area contributed by atoms with E-state index in [0.717, 1.165) is 60.2 Å². The third-order valence-electron chi connectivity index (χ3n) is 4.73. The monoisotopic (exact) mass is 337 g/mol. The second kappa shape index (κ2) is 6.31. The van der Waals surface area contributed by atoms with E-state index in [1.807, 2.05) is 50.0 Å². The Labute approximate surface area is 147 Å². The van der Waals surface area contributed by atoms with Gasteiger partial charge < -0.3 is 10.2 Å². The van der Waals surface area contributed by atoms with E-state index in [-0.39, 0.29) is 0 Å². The van der Waals surface area contributed by atoms with Gasteiger partial charge in [-0.25, -0.2) is 15.0 Å². The van der Waals surface area contributed by atoms with Gasteiger partial charge in [0.25, 0.3) is 0 Å². The third-order valence-corrected chi connectivity index (χ3v) is 4.73. The first-order chi connectivity index (χ1) is 12.1. The number of anilines is 2. The SMILES string of the molecule is Cc1cccc(NCC2CCN(c3nc(C)nc4c3cnn4C)C2)n1. The van der Waals surface area contributed by atoms with Gasteiger partial charge in [-0.1, -0.05) is 6.07 Å². The first kappa shape index (κ1) is 15.8. The van der Waals surface area contributed by atoms with E-state index in [1.165, 1.54) is 0 Å². The van der Waals surface area contributed by atoms with Crippen LogP contribution in [0.15, 0.2) is 24.4 Å². The van der Waals surface area contributed by atoms with Crippen molar-refractivity contribution in [3.63, 3.8) is 0 Å². The van der Waals surface area contributed by atoms with Gasteiger partial charge in [0.2, 0.25) is 0 Å². The molecule has 4 heterocycles. The average Bonchev–Trinajstić information content (AvgIpc) is 3.20. The van der Waals surface area contributed by atoms with E-state index < -0.39 is 0 Å². The summed E-state index contributed by atoms with van der Waals surface area (Å²) in [5, 5.41) is 8.83. The first-order valence-electron chi connectivity index (χ1n) is 8.69. The van der Waals surface area contributed by atoms with Crippen molar-refractivity contribution in [1.82, 2.24) is 24.7 Å². The number of aromatic nitrogens is 5. The Morgan fingerprint density at radius 2 is 2.08 bits per heavy atom. The molecule has 25 heavy (non-hydrogen) atoms. The van der Waals surface area contributed by atoms with Crippen LogP contribution in [0.5, 0.6) is 0 Å². The lowest BCUT2D eigenvalue weighted by atomic mass is 10.1. The van der Waals surface area contributed by atoms with Crippen molar-refractivity contribution in [3.8, 4) is 0 Å². The minimum Gasteiger partial charge on any atom is -0.370 e. The molecule has 1 fully saturated rings. The maximum Gasteiger partial charge on any atom is 0.163 e. The minimum absolute atomic E-state index is 0.573. The molecule has 1 saturated heterocycles. The molecule has 1 aliphatic heterocycles. The smallest absolute Gasteiger partial charge is 0.163 e. The molecule has 1 unspecified atom stereocenters. The molecule has 1 atom stereocenters. The van der Waals surface area contributed by atoms with Crippen LogP contribution in [0.4, 0.5) is 11.6 Å². The fraction of sp³-hybridized carbons (Fsp3) is 0.444. The predicted octanol–water partition coefficient (Wildman–Crippen LogP) is 2.31. The molecule has 3 aromatic rings. The van der Waals surface area contributed by atoms with Crippen molar-refractivity contribution >= 4 is 22.7 Å². The van der Waals surface area contributed by atoms with Gasteiger partial charge in [0.05, 0.1) is 11.6 Å². The van der Waals surface area contributed by atoms with Gasteiger partial charge in [-0.05, 0) is 38.3 Å². The molecule has 1 N–H and O–H groups in total. The van der Waals surface area contributed by atoms with E-state index in [9.17, 15) is 0 Å². The average molecular weight is 337 g/mol. The summed E-state index contributed by atoms with van der Waals surface area (Å²) >= 11 is 0. The summed E-state index contributed by atoms with van der Waals surface area (Å²) < 4.78 is 1.81. The lowest BCUT2D eigenvalue weighted by Crippen LogP contribution is -2.24. The fourth-order valence-electron chi connectivity index (χ4n) is 3.44. The molecular weight excluding hydrogens is 314 g/mol. The standard InChI is InChI=1S/C18H23N7/c1-12-5-4-6-16(21-12)19-9-14-7-8-25(11-14)18-15-10-20-24(3)17(15)22-13(2)23-18/h4-6,10,14H,7-9,11H2,1-3H3,(H,19,21). The van der Waals surface area contributed by atoms with E-state index in [2.05, 4.69) is 30.3 Å². The normalized spacial score (nSPS) is 17.4. The van der Waals surface area contributed by atoms with E-state index in [1.54, 1.807) is 0 Å². The Hall–Kier alpha value is -2.70. The number of hydrogen-bond donors (Lipinski definition) is 1. The fourth-order valence-corrected chi connectivity index (χ4v) is 3.44. The summed E-state index contributed by atoms with van der Waals surface area (Å²) in [7, 11) is 1.92. The molecule has 0 aromatic carbocycles. The van der Waals surface area contributed by atoms with Crippen molar-refractivity contribution in [2.45, 2.75) is 20.3 Å². The predicted molar refractivity (Wildman–Crippen MR) is 98.8 cm³/mol. The number of rotatable bonds is 4. The molecule has 0 bridgehead atoms. The Balaban J connectivity index is 1.47. The second-order valence-corrected chi connectivity index (χ2v) is 6.75. The molecule has 7 nitrogen and oxygen atoms in total. The number of nitrogens with one attached hydrogen (secondary N) is 1. The summed E-state index contributed by atoms with van der Waals surface area (Å²) in [5.41, 5.74) is 1.93. The van der Waals surface area contributed by atoms with Gasteiger partial charge in [0.15, 0.2) is 5.65 Å². The van der Waals surface area contributed by atoms with Crippen LogP contribution in [0.1, 0.15) is 17.9 Å². The summed E-state index contributed by atoms with van der Waals surface area (Å²) in [6.45, 7) is 6.87. The Morgan fingerprint density at radius 1 is 1.20 bits per heavy atom. The van der Waals surface area contributed by atoms with Crippen molar-refractivity contribution in [2.24, 2.45) is 13.0 Å². The second-order valence-electron chi connectivity index (χ2n) is 6.75. The highest BCUT2D eigenvalue weighted by Crippen LogP contribution is 2.28. The van der Waals surface area contributed by atoms with Crippen LogP contribution in [-0.2, 0) is 7.05 Å². The van der Waals surface area contributed by atoms with Gasteiger partial charge in [0, 0.05) is 32.4 Å². The molecule has 0 spiro atoms. The summed E-state index contributed by atoms with van der Waals surface area (Å²) in [4.78, 5) is 16.1. The van der Waals surface area contributed by atoms with Crippen molar-refractivity contribution in [1.29, 1.82) is 0 Å². The van der Waals surface area contributed by atoms with Crippen LogP contribution in [0.25, 0.3) is 11.0 Å². The number of aryl methyl sites for hydroxylation is 3. The first-order valence-corrected chi connectivity index (χ1v) is 8.69. The Morgan fingerprint density at radius 3 is 2.92 bits per heavy atom. The zero-order valence-corrected chi connectivity index (χ0v) is 14.9. The lowest BCUT2D eigenvalue weighted by molar-refractivity contribution is 0.621. The summed E-state index contributed by atoms with van der Waals surface area (Å²) in [6, 6.07) is 6.07. The Bertz CT molecular complexity index is 902. The van der Waals surface area contributed by atoms with Gasteiger partial charge in [-0.3, -0.25) is 4.68 Å². The van der Waals surface area contributed by atoms with Crippen LogP contribution >= 0.6 is 0 Å². The summed E-state index contributed by atoms with van der Waals surface area (Å²) in [6.07, 6.45) is 3.01. The van der Waals surface area contributed by atoms with Crippen molar-refractivity contribution in [3.05, 3.63) is 35.9 Å². The zero-order valence-electron chi connectivity index (χ0n) is 14.9. The molecule has 4 rings (SSSR count). The third kappa shape index (κ3) is 3.14. The molecule has 0 radical (unpaired) electrons. The summed E-state index contributed by atoms with van der Waals surface area (Å²) in [5.74, 6) is 3.32. The van der Waals surface area contributed by atoms with Crippen LogP contribution in [-0.4, -0.2) is 44.4 Å². The maximum absolute atomic E-state index is 4.69. The number of hydrogen-bond acceptors (Lipinski definition) is 6. The van der Waals surface area contributed by atoms with Crippen LogP contribution in [0.3, 0.4) is 0 Å². The highest BCUT2D eigenvalue weighted by Gasteiger charge is 2.26. The molecule has 130 valence electrons. The highest BCUT2D eigenvalue weighted by atomic mass is 15.3. The van der Waals surface area contributed by atoms with E-state index >= 15 is 0 Å². The van der Waals surface area contributed by atoms with Gasteiger partial charge >= 0.3 is 0 Å². The minimum atomic E-state index is 0.573. The molecule has 1 aliphatic rings. The molecular formula is C18H23N7. The van der Waals surface area contributed by atoms with Crippen LogP contribution in [0.2, 0.25) is 0 Å². The van der Waals surface area contributed by atoms with Crippen LogP contribution < -0.4 is 10.2 Å². The zero-order chi connectivity index (χ0) is 17.4. The maximum atomic E-state index is 4.69. The number of nitrogens with zero attached hydrogens (tertiary/aromatic N) is 6.